The fraction of sp³-hybridized carbons (Fsp3) is 0.154. The predicted octanol–water partition coefficient (Wildman–Crippen LogP) is 2.63. The fourth-order valence-corrected chi connectivity index (χ4v) is 1.25. The van der Waals surface area contributed by atoms with Gasteiger partial charge in [0.1, 0.15) is 14.2 Å². The Hall–Kier alpha value is -1.70. The first-order chi connectivity index (χ1) is 10.1. The Balaban J connectivity index is 3.03. The third-order valence-electron chi connectivity index (χ3n) is 2.01. The van der Waals surface area contributed by atoms with Crippen LogP contribution in [-0.4, -0.2) is 0 Å². The standard InChI is InChI=1S/C13H13FN/c1-10-5-3-4-6-12(10)13-9-11(14)7-8-15(13)2/h3-9H,1-2H3/q+1/i3D,4D,5D,6D,7D,8D,9D. The summed E-state index contributed by atoms with van der Waals surface area (Å²) in [6.45, 7) is 1.45. The summed E-state index contributed by atoms with van der Waals surface area (Å²) >= 11 is 0. The van der Waals surface area contributed by atoms with Crippen LogP contribution in [0.4, 0.5) is 4.39 Å². The van der Waals surface area contributed by atoms with E-state index in [2.05, 4.69) is 0 Å². The molecule has 0 aliphatic rings. The lowest BCUT2D eigenvalue weighted by atomic mass is 10.1. The minimum atomic E-state index is -1.19. The Labute approximate surface area is 98.6 Å². The van der Waals surface area contributed by atoms with Gasteiger partial charge in [-0.25, -0.2) is 8.96 Å². The number of halogens is 1. The smallest absolute Gasteiger partial charge is 0.207 e. The molecule has 1 nitrogen and oxygen atoms in total. The third-order valence-corrected chi connectivity index (χ3v) is 2.01. The van der Waals surface area contributed by atoms with E-state index in [9.17, 15) is 4.39 Å². The topological polar surface area (TPSA) is 3.88 Å². The molecule has 1 aromatic heterocycles. The molecule has 0 radical (unpaired) electrons. The number of hydrogen-bond donors (Lipinski definition) is 0. The molecule has 0 saturated carbocycles. The molecule has 0 spiro atoms. The second-order valence-corrected chi connectivity index (χ2v) is 3.08. The number of nitrogens with zero attached hydrogens (tertiary/aromatic N) is 1. The van der Waals surface area contributed by atoms with Gasteiger partial charge in [0.05, 0.1) is 8.22 Å². The summed E-state index contributed by atoms with van der Waals surface area (Å²) in [6, 6.07) is -2.99. The Morgan fingerprint density at radius 2 is 2.00 bits per heavy atom. The molecule has 76 valence electrons. The average molecular weight is 209 g/mol. The van der Waals surface area contributed by atoms with Crippen molar-refractivity contribution < 1.29 is 18.6 Å². The number of hydrogen-bond acceptors (Lipinski definition) is 0. The number of pyridine rings is 1. The molecule has 2 aromatic rings. The van der Waals surface area contributed by atoms with E-state index in [-0.39, 0.29) is 22.9 Å². The molecule has 0 saturated heterocycles. The largest absolute Gasteiger partial charge is 0.215 e. The van der Waals surface area contributed by atoms with E-state index in [0.717, 1.165) is 4.57 Å². The van der Waals surface area contributed by atoms with Gasteiger partial charge in [-0.2, -0.15) is 0 Å². The maximum atomic E-state index is 14.0. The highest BCUT2D eigenvalue weighted by Gasteiger charge is 2.12. The van der Waals surface area contributed by atoms with Gasteiger partial charge < -0.3 is 0 Å². The maximum Gasteiger partial charge on any atom is 0.215 e. The summed E-state index contributed by atoms with van der Waals surface area (Å²) in [4.78, 5) is 0. The van der Waals surface area contributed by atoms with Crippen LogP contribution in [0.1, 0.15) is 15.2 Å². The summed E-state index contributed by atoms with van der Waals surface area (Å²) in [5.41, 5.74) is -0.0273. The highest BCUT2D eigenvalue weighted by atomic mass is 19.1. The Morgan fingerprint density at radius 1 is 1.27 bits per heavy atom. The van der Waals surface area contributed by atoms with Crippen LogP contribution in [0.3, 0.4) is 0 Å². The van der Waals surface area contributed by atoms with Crippen molar-refractivity contribution in [1.82, 2.24) is 0 Å². The normalized spacial score (nSPS) is 16.9. The maximum absolute atomic E-state index is 14.0. The zero-order valence-corrected chi connectivity index (χ0v) is 8.33. The molecule has 0 fully saturated rings. The Kier molecular flexibility index (Phi) is 1.13. The van der Waals surface area contributed by atoms with Crippen molar-refractivity contribution in [3.8, 4) is 11.3 Å². The van der Waals surface area contributed by atoms with Crippen LogP contribution in [0.5, 0.6) is 0 Å². The van der Waals surface area contributed by atoms with E-state index >= 15 is 0 Å². The second kappa shape index (κ2) is 3.81. The van der Waals surface area contributed by atoms with E-state index in [1.807, 2.05) is 0 Å². The fourth-order valence-electron chi connectivity index (χ4n) is 1.25. The number of benzene rings is 1. The third kappa shape index (κ3) is 1.89. The van der Waals surface area contributed by atoms with E-state index in [1.165, 1.54) is 14.0 Å². The van der Waals surface area contributed by atoms with Crippen molar-refractivity contribution >= 4 is 0 Å². The molecule has 0 amide bonds. The zero-order valence-electron chi connectivity index (χ0n) is 15.3. The van der Waals surface area contributed by atoms with Gasteiger partial charge in [0.15, 0.2) is 6.17 Å². The monoisotopic (exact) mass is 209 g/mol. The van der Waals surface area contributed by atoms with Gasteiger partial charge in [0, 0.05) is 17.6 Å². The van der Waals surface area contributed by atoms with E-state index in [0.29, 0.717) is 0 Å². The molecule has 0 N–H and O–H groups in total. The zero-order chi connectivity index (χ0) is 16.9. The first kappa shape index (κ1) is 4.44. The van der Waals surface area contributed by atoms with Gasteiger partial charge in [-0.3, -0.25) is 0 Å². The number of aromatic nitrogens is 1. The molecule has 0 unspecified atom stereocenters. The van der Waals surface area contributed by atoms with Crippen molar-refractivity contribution in [2.24, 2.45) is 7.05 Å². The van der Waals surface area contributed by atoms with E-state index in [4.69, 9.17) is 9.60 Å². The van der Waals surface area contributed by atoms with Crippen molar-refractivity contribution in [2.75, 3.05) is 0 Å². The van der Waals surface area contributed by atoms with Crippen molar-refractivity contribution in [1.29, 1.82) is 0 Å². The van der Waals surface area contributed by atoms with E-state index < -0.39 is 42.2 Å². The van der Waals surface area contributed by atoms with E-state index in [1.54, 1.807) is 0 Å². The Bertz CT molecular complexity index is 678. The van der Waals surface area contributed by atoms with Crippen LogP contribution >= 0.6 is 0 Å². The molecule has 2 rings (SSSR count). The van der Waals surface area contributed by atoms with Crippen LogP contribution < -0.4 is 4.57 Å². The lowest BCUT2D eigenvalue weighted by molar-refractivity contribution is -0.660. The molecule has 0 aliphatic carbocycles. The highest BCUT2D eigenvalue weighted by Crippen LogP contribution is 2.19. The van der Waals surface area contributed by atoms with Gasteiger partial charge >= 0.3 is 0 Å². The van der Waals surface area contributed by atoms with Gasteiger partial charge in [-0.05, 0) is 18.5 Å². The summed E-state index contributed by atoms with van der Waals surface area (Å²) in [7, 11) is 1.36. The minimum absolute atomic E-state index is 0.0362. The quantitative estimate of drug-likeness (QED) is 0.636. The first-order valence-electron chi connectivity index (χ1n) is 7.83. The van der Waals surface area contributed by atoms with Crippen LogP contribution in [0, 0.1) is 12.7 Å². The summed E-state index contributed by atoms with van der Waals surface area (Å²) in [5.74, 6) is -1.19. The Morgan fingerprint density at radius 3 is 2.80 bits per heavy atom. The van der Waals surface area contributed by atoms with Gasteiger partial charge in [-0.15, -0.1) is 0 Å². The molecule has 1 heterocycles. The summed E-state index contributed by atoms with van der Waals surface area (Å²) in [5, 5.41) is 0. The molecule has 0 bridgehead atoms. The SMILES string of the molecule is [2H]c1c([2H])c([2H])c(-c2c([2H])c(F)c([2H])c([2H])[n+]2C)c(C)c1[2H]. The molecule has 15 heavy (non-hydrogen) atoms. The lowest BCUT2D eigenvalue weighted by Gasteiger charge is -2.03. The van der Waals surface area contributed by atoms with Crippen molar-refractivity contribution in [2.45, 2.75) is 6.92 Å². The predicted molar refractivity (Wildman–Crippen MR) is 57.7 cm³/mol. The second-order valence-electron chi connectivity index (χ2n) is 3.08. The van der Waals surface area contributed by atoms with Crippen molar-refractivity contribution in [3.63, 3.8) is 0 Å². The van der Waals surface area contributed by atoms with Crippen molar-refractivity contribution in [3.05, 3.63) is 53.8 Å². The minimum Gasteiger partial charge on any atom is -0.207 e. The summed E-state index contributed by atoms with van der Waals surface area (Å²) in [6.07, 6.45) is -0.477. The average Bonchev–Trinajstić information content (AvgIpc) is 2.50. The van der Waals surface area contributed by atoms with Crippen LogP contribution in [0.2, 0.25) is 0 Å². The van der Waals surface area contributed by atoms with Crippen LogP contribution in [0.15, 0.2) is 42.4 Å². The van der Waals surface area contributed by atoms with Gasteiger partial charge in [-0.1, -0.05) is 18.1 Å². The highest BCUT2D eigenvalue weighted by molar-refractivity contribution is 5.60. The van der Waals surface area contributed by atoms with Crippen LogP contribution in [-0.2, 0) is 7.05 Å². The summed E-state index contributed by atoms with van der Waals surface area (Å²) < 4.78 is 69.2. The molecule has 0 aliphatic heterocycles. The molecular formula is C13H13FN+. The molecular weight excluding hydrogens is 189 g/mol. The lowest BCUT2D eigenvalue weighted by Crippen LogP contribution is -2.30. The van der Waals surface area contributed by atoms with Gasteiger partial charge in [0.25, 0.3) is 0 Å². The molecule has 1 aromatic carbocycles. The van der Waals surface area contributed by atoms with Crippen LogP contribution in [0.25, 0.3) is 11.3 Å². The van der Waals surface area contributed by atoms with Gasteiger partial charge in [0.2, 0.25) is 5.69 Å². The molecule has 2 heteroatoms. The number of rotatable bonds is 1. The molecule has 0 atom stereocenters. The first-order valence-corrected chi connectivity index (χ1v) is 4.33.